The maximum absolute atomic E-state index is 13.8. The molecule has 2 heterocycles. The highest BCUT2D eigenvalue weighted by Gasteiger charge is 2.57. The van der Waals surface area contributed by atoms with E-state index in [4.69, 9.17) is 34.3 Å². The number of hydrogen-bond acceptors (Lipinski definition) is 15. The Morgan fingerprint density at radius 1 is 0.545 bits per heavy atom. The number of halogens is 4. The number of urea groups is 1. The van der Waals surface area contributed by atoms with E-state index in [-0.39, 0.29) is 66.8 Å². The molecule has 7 aromatic rings. The number of aliphatic hydroxyl groups is 2. The van der Waals surface area contributed by atoms with Crippen molar-refractivity contribution in [3.8, 4) is 34.5 Å². The van der Waals surface area contributed by atoms with Crippen LogP contribution in [0.1, 0.15) is 231 Å². The summed E-state index contributed by atoms with van der Waals surface area (Å²) in [5.41, 5.74) is 10.4. The second-order valence-corrected chi connectivity index (χ2v) is 38.8. The summed E-state index contributed by atoms with van der Waals surface area (Å²) in [4.78, 5) is 78.4. The number of aryl methyl sites for hydroxylation is 3. The monoisotopic (exact) mass is 1860 g/mol. The van der Waals surface area contributed by atoms with E-state index in [0.717, 1.165) is 176 Å². The normalized spacial score (nSPS) is 20.1. The van der Waals surface area contributed by atoms with E-state index in [2.05, 4.69) is 61.5 Å². The second kappa shape index (κ2) is 52.1. The average Bonchev–Trinajstić information content (AvgIpc) is 1.61. The number of methoxy groups -OCH3 is 1. The van der Waals surface area contributed by atoms with Gasteiger partial charge < -0.3 is 73.9 Å². The quantitative estimate of drug-likeness (QED) is 0.0188. The lowest BCUT2D eigenvalue weighted by atomic mass is 9.52. The standard InChI is InChI=1S/C18H30N2O2.C17H17F2NO.C17H19NO2.C16H16F2O2.C16H23NO3.C13H24N2O2.C12H21NO/c1-3-6-20(15-4-5-15)17(21)19(2)16-13-7-12-8-14(16)11-18(22,9-12)10-13;1-12-2-5-14(6-3-12)21-15-8-9-20(11-15)17-10-13(18)4-7-16(17)19;1-14-7-9-15(10-8-14)19-17-11-12-18(13-17)20-16-5-3-2-4-6-16;1-12-3-6-14(7-4-12)19-9-2-10-20-16-11-13(17)5-8-15(16)18;1-3-10-17(12-8-9-12)16(19)14(11-18)13-6-4-5-7-15(13)20-2;1-4-7-15(10-5-6-10)12(17)9-13(2,3)8-11(14)16;1-4-9-13(11-6-7-11)12(14)8-5-10(2)3/h12-16,22H,3-11H2,1-2H3;2-7,10,15H,8-9,11H2,1H3;2-10,17H,11-13H2,1H3;3-8,11H,2,9-10H2,1H3;4-7,12,14,18H,3,8-11H2,1-2H3;10H,4-9H2,1-3H3,(H2,14,16);5,11H,4,6-9H2,1-3H3. The Morgan fingerprint density at radius 2 is 1.03 bits per heavy atom. The summed E-state index contributed by atoms with van der Waals surface area (Å²) in [5.74, 6) is 3.47. The van der Waals surface area contributed by atoms with Crippen LogP contribution in [0.25, 0.3) is 0 Å². The Bertz CT molecular complexity index is 4800. The van der Waals surface area contributed by atoms with E-state index >= 15 is 0 Å². The minimum Gasteiger partial charge on any atom is -0.496 e. The molecule has 732 valence electrons. The molecule has 5 atom stereocenters. The number of allylic oxidation sites excluding steroid dienone is 1. The minimum absolute atomic E-state index is 0.00428. The zero-order chi connectivity index (χ0) is 96.6. The van der Waals surface area contributed by atoms with Crippen molar-refractivity contribution in [2.75, 3.05) is 91.2 Å². The zero-order valence-electron chi connectivity index (χ0n) is 81.7. The van der Waals surface area contributed by atoms with Gasteiger partial charge in [-0.1, -0.05) is 143 Å². The fraction of sp³-hybridized carbons (Fsp3) is 0.550. The van der Waals surface area contributed by atoms with Crippen LogP contribution in [-0.2, 0) is 19.2 Å². The van der Waals surface area contributed by atoms with Crippen molar-refractivity contribution >= 4 is 35.3 Å². The number of rotatable bonds is 36. The highest BCUT2D eigenvalue weighted by atomic mass is 19.1. The van der Waals surface area contributed by atoms with Gasteiger partial charge in [-0.2, -0.15) is 0 Å². The van der Waals surface area contributed by atoms with Crippen LogP contribution >= 0.6 is 0 Å². The van der Waals surface area contributed by atoms with E-state index in [1.807, 2.05) is 190 Å². The molecule has 0 radical (unpaired) electrons. The number of nitrogens with zero attached hydrogens (tertiary/aromatic N) is 7. The molecule has 0 aromatic heterocycles. The Hall–Kier alpha value is -10.4. The average molecular weight is 1860 g/mol. The van der Waals surface area contributed by atoms with Gasteiger partial charge in [0.1, 0.15) is 58.4 Å². The van der Waals surface area contributed by atoms with Gasteiger partial charge in [0.05, 0.1) is 57.2 Å². The summed E-state index contributed by atoms with van der Waals surface area (Å²) in [5, 5.41) is 22.4. The molecule has 2 saturated heterocycles. The van der Waals surface area contributed by atoms with E-state index in [1.165, 1.54) is 72.9 Å². The molecule has 7 aromatic carbocycles. The molecule has 8 saturated carbocycles. The van der Waals surface area contributed by atoms with Gasteiger partial charge in [-0.3, -0.25) is 19.2 Å². The maximum atomic E-state index is 13.8. The van der Waals surface area contributed by atoms with Crippen molar-refractivity contribution in [1.29, 1.82) is 0 Å². The molecular formula is C109H150F4N8O13. The number of benzene rings is 7. The number of hydroxylamine groups is 2. The Morgan fingerprint density at radius 3 is 1.56 bits per heavy atom. The molecule has 4 bridgehead atoms. The Balaban J connectivity index is 0.000000163. The highest BCUT2D eigenvalue weighted by Crippen LogP contribution is 2.57. The molecule has 134 heavy (non-hydrogen) atoms. The third-order valence-corrected chi connectivity index (χ3v) is 25.7. The van der Waals surface area contributed by atoms with Crippen LogP contribution in [0, 0.1) is 67.2 Å². The molecule has 4 N–H and O–H groups in total. The van der Waals surface area contributed by atoms with Crippen molar-refractivity contribution in [2.45, 2.75) is 278 Å². The van der Waals surface area contributed by atoms with Crippen LogP contribution in [0.2, 0.25) is 0 Å². The number of aliphatic hydroxyl groups excluding tert-OH is 1. The summed E-state index contributed by atoms with van der Waals surface area (Å²) in [6.45, 7) is 29.3. The number of ether oxygens (including phenoxy) is 5. The van der Waals surface area contributed by atoms with Gasteiger partial charge in [-0.25, -0.2) is 22.4 Å². The van der Waals surface area contributed by atoms with Gasteiger partial charge in [0.15, 0.2) is 11.6 Å². The first-order valence-electron chi connectivity index (χ1n) is 49.0. The van der Waals surface area contributed by atoms with Gasteiger partial charge in [0.2, 0.25) is 23.6 Å². The Labute approximate surface area is 794 Å². The topological polar surface area (TPSA) is 230 Å². The molecular weight excluding hydrogens is 1710 g/mol. The molecule has 17 rings (SSSR count). The third kappa shape index (κ3) is 33.9. The maximum Gasteiger partial charge on any atom is 0.320 e. The molecule has 8 aliphatic carbocycles. The van der Waals surface area contributed by atoms with Gasteiger partial charge in [-0.05, 0) is 246 Å². The number of para-hydroxylation sites is 2. The second-order valence-electron chi connectivity index (χ2n) is 38.8. The van der Waals surface area contributed by atoms with Crippen molar-refractivity contribution < 1.29 is 80.3 Å². The minimum atomic E-state index is -0.564. The van der Waals surface area contributed by atoms with Gasteiger partial charge >= 0.3 is 6.03 Å². The number of anilines is 1. The van der Waals surface area contributed by atoms with Crippen molar-refractivity contribution in [3.63, 3.8) is 0 Å². The van der Waals surface area contributed by atoms with Crippen LogP contribution in [0.15, 0.2) is 175 Å². The lowest BCUT2D eigenvalue weighted by Crippen LogP contribution is -2.63. The van der Waals surface area contributed by atoms with Crippen LogP contribution in [0.4, 0.5) is 28.0 Å². The molecule has 25 heteroatoms. The van der Waals surface area contributed by atoms with Crippen molar-refractivity contribution in [3.05, 3.63) is 221 Å². The first-order valence-corrected chi connectivity index (χ1v) is 49.0. The highest BCUT2D eigenvalue weighted by molar-refractivity contribution is 5.85. The largest absolute Gasteiger partial charge is 0.496 e. The van der Waals surface area contributed by atoms with Crippen LogP contribution < -0.4 is 39.2 Å². The Kier molecular flexibility index (Phi) is 41.1. The lowest BCUT2D eigenvalue weighted by Gasteiger charge is -2.59. The fourth-order valence-corrected chi connectivity index (χ4v) is 18.8. The first kappa shape index (κ1) is 106. The van der Waals surface area contributed by atoms with Crippen LogP contribution in [-0.4, -0.2) is 204 Å². The third-order valence-electron chi connectivity index (χ3n) is 25.7. The van der Waals surface area contributed by atoms with Crippen molar-refractivity contribution in [1.82, 2.24) is 29.6 Å². The SMILES string of the molecule is CCCN(C(=O)C(CO)c1ccccc1OC)C1CC1.CCCN(C(=O)CC(C)(C)CC(N)=O)C1CC1.CCCN(C(=O)CC=C(C)C)C1CC1.CCCN(C(=O)N(C)C1C2CC3CC1CC(O)(C3)C2)C1CC1.Cc1ccc(OC2CCN(Oc3ccccc3)C2)cc1.Cc1ccc(OC2CCN(c3cc(F)ccc3F)C2)cc1.Cc1ccc(OCCCOc2cc(F)ccc2F)cc1. The molecule has 6 amide bonds. The van der Waals surface area contributed by atoms with E-state index in [1.54, 1.807) is 7.11 Å². The lowest BCUT2D eigenvalue weighted by molar-refractivity contribution is -0.152. The number of hydrogen-bond donors (Lipinski definition) is 3. The predicted molar refractivity (Wildman–Crippen MR) is 520 cm³/mol. The summed E-state index contributed by atoms with van der Waals surface area (Å²) in [6, 6.07) is 50.2. The molecule has 10 fully saturated rings. The van der Waals surface area contributed by atoms with Gasteiger partial charge in [-0.15, -0.1) is 5.06 Å². The van der Waals surface area contributed by atoms with E-state index < -0.39 is 34.8 Å². The molecule has 5 unspecified atom stereocenters. The number of carbonyl (C=O) groups excluding carboxylic acids is 5. The fourth-order valence-electron chi connectivity index (χ4n) is 18.8. The summed E-state index contributed by atoms with van der Waals surface area (Å²) in [6.07, 6.45) is 24.3. The van der Waals surface area contributed by atoms with Gasteiger partial charge in [0.25, 0.3) is 0 Å². The van der Waals surface area contributed by atoms with Crippen LogP contribution in [0.5, 0.6) is 34.5 Å². The zero-order valence-corrected chi connectivity index (χ0v) is 81.7. The van der Waals surface area contributed by atoms with E-state index in [0.29, 0.717) is 104 Å². The smallest absolute Gasteiger partial charge is 0.320 e. The summed E-state index contributed by atoms with van der Waals surface area (Å²) < 4.78 is 81.1. The summed E-state index contributed by atoms with van der Waals surface area (Å²) in [7, 11) is 3.60. The first-order chi connectivity index (χ1) is 64.3. The van der Waals surface area contributed by atoms with Crippen LogP contribution in [0.3, 0.4) is 0 Å². The van der Waals surface area contributed by atoms with Gasteiger partial charge in [0, 0.05) is 133 Å². The van der Waals surface area contributed by atoms with E-state index in [9.17, 15) is 51.7 Å². The number of amides is 6. The van der Waals surface area contributed by atoms with Crippen molar-refractivity contribution in [2.24, 2.45) is 28.9 Å². The number of nitrogens with two attached hydrogens (primary N) is 1. The molecule has 0 spiro atoms. The number of carbonyl (C=O) groups is 5. The molecule has 21 nitrogen and oxygen atoms in total. The number of primary amides is 1. The molecule has 10 aliphatic rings. The predicted octanol–water partition coefficient (Wildman–Crippen LogP) is 20.9. The summed E-state index contributed by atoms with van der Waals surface area (Å²) >= 11 is 0. The molecule has 2 aliphatic heterocycles.